The highest BCUT2D eigenvalue weighted by Gasteiger charge is 2.25. The summed E-state index contributed by atoms with van der Waals surface area (Å²) in [4.78, 5) is 12.1. The van der Waals surface area contributed by atoms with E-state index in [1.807, 2.05) is 6.92 Å². The van der Waals surface area contributed by atoms with Crippen LogP contribution in [-0.4, -0.2) is 36.3 Å². The average molecular weight is 278 g/mol. The van der Waals surface area contributed by atoms with Gasteiger partial charge >= 0.3 is 0 Å². The van der Waals surface area contributed by atoms with Gasteiger partial charge in [0.05, 0.1) is 12.6 Å². The molecule has 2 rings (SSSR count). The van der Waals surface area contributed by atoms with E-state index in [1.54, 1.807) is 24.3 Å². The normalized spacial score (nSPS) is 21.4. The molecule has 0 aliphatic carbocycles. The van der Waals surface area contributed by atoms with Gasteiger partial charge in [-0.15, -0.1) is 0 Å². The number of carbonyl (C=O) groups excluding carboxylic acids is 1. The van der Waals surface area contributed by atoms with E-state index >= 15 is 0 Å². The van der Waals surface area contributed by atoms with Gasteiger partial charge in [0.2, 0.25) is 5.91 Å². The van der Waals surface area contributed by atoms with Gasteiger partial charge in [-0.1, -0.05) is 12.1 Å². The first-order chi connectivity index (χ1) is 9.56. The van der Waals surface area contributed by atoms with E-state index in [9.17, 15) is 9.90 Å². The minimum absolute atomic E-state index is 0.0795. The van der Waals surface area contributed by atoms with Crippen LogP contribution >= 0.6 is 0 Å². The quantitative estimate of drug-likeness (QED) is 0.744. The molecular formula is C15H22N2O3. The Kier molecular flexibility index (Phi) is 4.98. The first-order valence-electron chi connectivity index (χ1n) is 6.98. The molecule has 20 heavy (non-hydrogen) atoms. The Morgan fingerprint density at radius 2 is 2.20 bits per heavy atom. The van der Waals surface area contributed by atoms with Gasteiger partial charge < -0.3 is 20.9 Å². The highest BCUT2D eigenvalue weighted by atomic mass is 16.5. The fourth-order valence-corrected chi connectivity index (χ4v) is 2.38. The van der Waals surface area contributed by atoms with Gasteiger partial charge in [-0.2, -0.15) is 0 Å². The highest BCUT2D eigenvalue weighted by molar-refractivity contribution is 5.82. The molecular weight excluding hydrogens is 256 g/mol. The number of carbonyl (C=O) groups is 1. The number of phenols is 1. The van der Waals surface area contributed by atoms with E-state index in [1.165, 1.54) is 0 Å². The van der Waals surface area contributed by atoms with Crippen LogP contribution in [0.5, 0.6) is 5.75 Å². The lowest BCUT2D eigenvalue weighted by Crippen LogP contribution is -2.47. The predicted molar refractivity (Wildman–Crippen MR) is 76.3 cm³/mol. The fourth-order valence-electron chi connectivity index (χ4n) is 2.38. The molecule has 3 unspecified atom stereocenters. The molecule has 1 saturated heterocycles. The Hall–Kier alpha value is -1.59. The maximum Gasteiger partial charge on any atom is 0.237 e. The lowest BCUT2D eigenvalue weighted by Gasteiger charge is -2.21. The van der Waals surface area contributed by atoms with Crippen LogP contribution in [0, 0.1) is 5.92 Å². The molecule has 1 aromatic rings. The fraction of sp³-hybridized carbons (Fsp3) is 0.533. The van der Waals surface area contributed by atoms with Gasteiger partial charge in [0, 0.05) is 18.6 Å². The topological polar surface area (TPSA) is 84.6 Å². The standard InChI is InChI=1S/C15H22N2O3/c1-10(12-6-7-20-9-12)17-15(19)14(16)8-11-2-4-13(18)5-3-11/h2-5,10,12,14,18H,6-9,16H2,1H3,(H,17,19). The summed E-state index contributed by atoms with van der Waals surface area (Å²) >= 11 is 0. The summed E-state index contributed by atoms with van der Waals surface area (Å²) in [5.74, 6) is 0.443. The van der Waals surface area contributed by atoms with Crippen LogP contribution in [0.1, 0.15) is 18.9 Å². The molecule has 0 spiro atoms. The smallest absolute Gasteiger partial charge is 0.237 e. The van der Waals surface area contributed by atoms with Crippen LogP contribution in [-0.2, 0) is 16.0 Å². The number of nitrogens with one attached hydrogen (secondary N) is 1. The summed E-state index contributed by atoms with van der Waals surface area (Å²) in [6.45, 7) is 3.46. The zero-order chi connectivity index (χ0) is 14.5. The molecule has 0 aromatic heterocycles. The van der Waals surface area contributed by atoms with E-state index in [2.05, 4.69) is 5.32 Å². The van der Waals surface area contributed by atoms with E-state index in [4.69, 9.17) is 10.5 Å². The van der Waals surface area contributed by atoms with Crippen LogP contribution in [0.15, 0.2) is 24.3 Å². The molecule has 1 fully saturated rings. The third kappa shape index (κ3) is 3.95. The molecule has 110 valence electrons. The van der Waals surface area contributed by atoms with Crippen molar-refractivity contribution < 1.29 is 14.6 Å². The predicted octanol–water partition coefficient (Wildman–Crippen LogP) is 0.803. The average Bonchev–Trinajstić information content (AvgIpc) is 2.95. The Morgan fingerprint density at radius 3 is 2.80 bits per heavy atom. The van der Waals surface area contributed by atoms with Gasteiger partial charge in [0.1, 0.15) is 5.75 Å². The Morgan fingerprint density at radius 1 is 1.50 bits per heavy atom. The van der Waals surface area contributed by atoms with Crippen LogP contribution in [0.2, 0.25) is 0 Å². The first-order valence-corrected chi connectivity index (χ1v) is 6.98. The van der Waals surface area contributed by atoms with Crippen LogP contribution in [0.25, 0.3) is 0 Å². The zero-order valence-electron chi connectivity index (χ0n) is 11.7. The second-order valence-electron chi connectivity index (χ2n) is 5.40. The lowest BCUT2D eigenvalue weighted by molar-refractivity contribution is -0.123. The largest absolute Gasteiger partial charge is 0.508 e. The van der Waals surface area contributed by atoms with Crippen LogP contribution < -0.4 is 11.1 Å². The summed E-state index contributed by atoms with van der Waals surface area (Å²) in [5, 5.41) is 12.2. The van der Waals surface area contributed by atoms with E-state index in [0.29, 0.717) is 18.9 Å². The Bertz CT molecular complexity index is 441. The van der Waals surface area contributed by atoms with E-state index in [-0.39, 0.29) is 17.7 Å². The van der Waals surface area contributed by atoms with Gasteiger partial charge in [-0.25, -0.2) is 0 Å². The molecule has 1 heterocycles. The Labute approximate surface area is 119 Å². The summed E-state index contributed by atoms with van der Waals surface area (Å²) in [6.07, 6.45) is 1.44. The third-order valence-corrected chi connectivity index (χ3v) is 3.77. The molecule has 1 aliphatic heterocycles. The van der Waals surface area contributed by atoms with Crippen molar-refractivity contribution in [3.8, 4) is 5.75 Å². The molecule has 5 nitrogen and oxygen atoms in total. The van der Waals surface area contributed by atoms with Gasteiger partial charge in [-0.05, 0) is 37.5 Å². The van der Waals surface area contributed by atoms with Gasteiger partial charge in [0.15, 0.2) is 0 Å². The van der Waals surface area contributed by atoms with Crippen molar-refractivity contribution in [3.63, 3.8) is 0 Å². The van der Waals surface area contributed by atoms with Crippen LogP contribution in [0.3, 0.4) is 0 Å². The zero-order valence-corrected chi connectivity index (χ0v) is 11.7. The molecule has 1 aromatic carbocycles. The number of amides is 1. The molecule has 0 saturated carbocycles. The van der Waals surface area contributed by atoms with Gasteiger partial charge in [0.25, 0.3) is 0 Å². The highest BCUT2D eigenvalue weighted by Crippen LogP contribution is 2.16. The number of nitrogens with two attached hydrogens (primary N) is 1. The third-order valence-electron chi connectivity index (χ3n) is 3.77. The van der Waals surface area contributed by atoms with Crippen molar-refractivity contribution in [1.29, 1.82) is 0 Å². The van der Waals surface area contributed by atoms with Crippen molar-refractivity contribution >= 4 is 5.91 Å². The monoisotopic (exact) mass is 278 g/mol. The van der Waals surface area contributed by atoms with E-state index < -0.39 is 6.04 Å². The number of benzene rings is 1. The minimum Gasteiger partial charge on any atom is -0.508 e. The number of aromatic hydroxyl groups is 1. The second-order valence-corrected chi connectivity index (χ2v) is 5.40. The summed E-state index contributed by atoms with van der Waals surface area (Å²) < 4.78 is 5.32. The number of hydrogen-bond donors (Lipinski definition) is 3. The van der Waals surface area contributed by atoms with Crippen molar-refractivity contribution in [2.75, 3.05) is 13.2 Å². The summed E-state index contributed by atoms with van der Waals surface area (Å²) in [6, 6.07) is 6.24. The number of ether oxygens (including phenoxy) is 1. The number of hydrogen-bond acceptors (Lipinski definition) is 4. The van der Waals surface area contributed by atoms with Crippen molar-refractivity contribution in [3.05, 3.63) is 29.8 Å². The van der Waals surface area contributed by atoms with E-state index in [0.717, 1.165) is 18.6 Å². The second kappa shape index (κ2) is 6.72. The molecule has 1 amide bonds. The van der Waals surface area contributed by atoms with Crippen molar-refractivity contribution in [2.24, 2.45) is 11.7 Å². The maximum atomic E-state index is 12.1. The molecule has 0 bridgehead atoms. The maximum absolute atomic E-state index is 12.1. The van der Waals surface area contributed by atoms with Gasteiger partial charge in [-0.3, -0.25) is 4.79 Å². The SMILES string of the molecule is CC(NC(=O)C(N)Cc1ccc(O)cc1)C1CCOC1. The van der Waals surface area contributed by atoms with Crippen molar-refractivity contribution in [1.82, 2.24) is 5.32 Å². The van der Waals surface area contributed by atoms with Crippen LogP contribution in [0.4, 0.5) is 0 Å². The summed E-state index contributed by atoms with van der Waals surface area (Å²) in [5.41, 5.74) is 6.86. The number of rotatable bonds is 5. The Balaban J connectivity index is 1.83. The molecule has 1 aliphatic rings. The molecule has 3 atom stereocenters. The lowest BCUT2D eigenvalue weighted by atomic mass is 9.99. The summed E-state index contributed by atoms with van der Waals surface area (Å²) in [7, 11) is 0. The molecule has 0 radical (unpaired) electrons. The van der Waals surface area contributed by atoms with Crippen molar-refractivity contribution in [2.45, 2.75) is 31.8 Å². The molecule has 4 N–H and O–H groups in total. The minimum atomic E-state index is -0.579. The number of phenolic OH excluding ortho intramolecular Hbond substituents is 1. The first kappa shape index (κ1) is 14.8. The molecule has 5 heteroatoms.